The SMILES string of the molecule is CC1(O)C2CCC1CC(S(=O)(=O)c1cc(C(=O)Nc3ccnnc3)ccc1Cl)C2. The molecule has 2 aliphatic rings. The minimum absolute atomic E-state index is 0.0365. The molecular weight excluding hydrogens is 414 g/mol. The predicted molar refractivity (Wildman–Crippen MR) is 108 cm³/mol. The number of aromatic nitrogens is 2. The third kappa shape index (κ3) is 3.65. The molecule has 2 N–H and O–H groups in total. The largest absolute Gasteiger partial charge is 0.390 e. The average molecular weight is 436 g/mol. The van der Waals surface area contributed by atoms with Crippen molar-refractivity contribution in [1.82, 2.24) is 10.2 Å². The van der Waals surface area contributed by atoms with E-state index in [1.165, 1.54) is 30.6 Å². The van der Waals surface area contributed by atoms with E-state index in [0.29, 0.717) is 18.5 Å². The Morgan fingerprint density at radius 2 is 1.90 bits per heavy atom. The first kappa shape index (κ1) is 20.3. The molecule has 2 fully saturated rings. The number of amides is 1. The number of anilines is 1. The number of nitrogens with zero attached hydrogens (tertiary/aromatic N) is 2. The van der Waals surface area contributed by atoms with Gasteiger partial charge in [-0.2, -0.15) is 10.2 Å². The zero-order valence-corrected chi connectivity index (χ0v) is 17.4. The van der Waals surface area contributed by atoms with Crippen molar-refractivity contribution < 1.29 is 18.3 Å². The number of sulfone groups is 1. The number of hydrogen-bond donors (Lipinski definition) is 2. The van der Waals surface area contributed by atoms with Crippen molar-refractivity contribution in [2.24, 2.45) is 11.8 Å². The molecule has 1 amide bonds. The first-order valence-electron chi connectivity index (χ1n) is 9.53. The topological polar surface area (TPSA) is 109 Å². The fourth-order valence-corrected chi connectivity index (χ4v) is 7.03. The molecule has 154 valence electrons. The fraction of sp³-hybridized carbons (Fsp3) is 0.450. The van der Waals surface area contributed by atoms with Crippen LogP contribution in [0, 0.1) is 11.8 Å². The van der Waals surface area contributed by atoms with Crippen LogP contribution >= 0.6 is 11.6 Å². The van der Waals surface area contributed by atoms with Gasteiger partial charge in [0.1, 0.15) is 0 Å². The van der Waals surface area contributed by atoms with Gasteiger partial charge >= 0.3 is 0 Å². The molecule has 1 aromatic heterocycles. The molecule has 2 saturated carbocycles. The summed E-state index contributed by atoms with van der Waals surface area (Å²) in [6.07, 6.45) is 5.32. The number of aliphatic hydroxyl groups is 1. The number of halogens is 1. The molecule has 2 unspecified atom stereocenters. The van der Waals surface area contributed by atoms with Crippen LogP contribution in [0.15, 0.2) is 41.6 Å². The quantitative estimate of drug-likeness (QED) is 0.763. The van der Waals surface area contributed by atoms with Crippen LogP contribution in [0.4, 0.5) is 5.69 Å². The Hall–Kier alpha value is -2.03. The number of nitrogens with one attached hydrogen (secondary N) is 1. The van der Waals surface area contributed by atoms with Gasteiger partial charge in [0.2, 0.25) is 0 Å². The summed E-state index contributed by atoms with van der Waals surface area (Å²) in [6.45, 7) is 1.81. The van der Waals surface area contributed by atoms with Crippen LogP contribution in [0.2, 0.25) is 5.02 Å². The second-order valence-electron chi connectivity index (χ2n) is 8.07. The van der Waals surface area contributed by atoms with Gasteiger partial charge in [-0.3, -0.25) is 4.79 Å². The lowest BCUT2D eigenvalue weighted by Gasteiger charge is -2.40. The molecule has 0 saturated heterocycles. The number of fused-ring (bicyclic) bond motifs is 2. The van der Waals surface area contributed by atoms with Gasteiger partial charge in [0, 0.05) is 5.56 Å². The van der Waals surface area contributed by atoms with Crippen LogP contribution < -0.4 is 5.32 Å². The minimum atomic E-state index is -3.74. The van der Waals surface area contributed by atoms with E-state index in [1.807, 2.05) is 6.92 Å². The van der Waals surface area contributed by atoms with E-state index >= 15 is 0 Å². The Bertz CT molecular complexity index is 1030. The second-order valence-corrected chi connectivity index (χ2v) is 10.7. The zero-order chi connectivity index (χ0) is 20.8. The first-order chi connectivity index (χ1) is 13.7. The first-order valence-corrected chi connectivity index (χ1v) is 11.5. The van der Waals surface area contributed by atoms with E-state index in [-0.39, 0.29) is 27.3 Å². The maximum Gasteiger partial charge on any atom is 0.255 e. The highest BCUT2D eigenvalue weighted by atomic mass is 35.5. The average Bonchev–Trinajstić information content (AvgIpc) is 2.86. The van der Waals surface area contributed by atoms with E-state index in [2.05, 4.69) is 15.5 Å². The molecule has 0 radical (unpaired) electrons. The Labute approximate surface area is 174 Å². The Kier molecular flexibility index (Phi) is 5.13. The predicted octanol–water partition coefficient (Wildman–Crippen LogP) is 3.10. The highest BCUT2D eigenvalue weighted by Gasteiger charge is 2.53. The second kappa shape index (κ2) is 7.34. The highest BCUT2D eigenvalue weighted by molar-refractivity contribution is 7.92. The molecule has 7 nitrogen and oxygen atoms in total. The summed E-state index contributed by atoms with van der Waals surface area (Å²) in [6, 6.07) is 5.83. The van der Waals surface area contributed by atoms with Crippen molar-refractivity contribution in [3.8, 4) is 0 Å². The summed E-state index contributed by atoms with van der Waals surface area (Å²) in [5.74, 6) is -0.534. The molecule has 4 rings (SSSR count). The van der Waals surface area contributed by atoms with E-state index in [1.54, 1.807) is 6.07 Å². The molecular formula is C20H22ClN3O4S. The Balaban J connectivity index is 1.61. The van der Waals surface area contributed by atoms with Crippen LogP contribution in [0.1, 0.15) is 43.0 Å². The van der Waals surface area contributed by atoms with Crippen molar-refractivity contribution in [2.45, 2.75) is 48.4 Å². The summed E-state index contributed by atoms with van der Waals surface area (Å²) in [7, 11) is -3.74. The van der Waals surface area contributed by atoms with Gasteiger partial charge in [0.25, 0.3) is 5.91 Å². The monoisotopic (exact) mass is 435 g/mol. The van der Waals surface area contributed by atoms with Gasteiger partial charge in [0.15, 0.2) is 9.84 Å². The van der Waals surface area contributed by atoms with Gasteiger partial charge in [-0.25, -0.2) is 8.42 Å². The third-order valence-corrected chi connectivity index (χ3v) is 9.05. The summed E-state index contributed by atoms with van der Waals surface area (Å²) < 4.78 is 26.7. The fourth-order valence-electron chi connectivity index (χ4n) is 4.63. The molecule has 2 aromatic rings. The van der Waals surface area contributed by atoms with Gasteiger partial charge in [0.05, 0.1) is 38.9 Å². The van der Waals surface area contributed by atoms with Crippen molar-refractivity contribution in [2.75, 3.05) is 5.32 Å². The Morgan fingerprint density at radius 1 is 1.21 bits per heavy atom. The van der Waals surface area contributed by atoms with E-state index in [4.69, 9.17) is 11.6 Å². The van der Waals surface area contributed by atoms with Crippen LogP contribution in [-0.2, 0) is 9.84 Å². The van der Waals surface area contributed by atoms with Gasteiger partial charge < -0.3 is 10.4 Å². The van der Waals surface area contributed by atoms with Crippen LogP contribution in [0.5, 0.6) is 0 Å². The van der Waals surface area contributed by atoms with E-state index < -0.39 is 26.6 Å². The molecule has 1 aromatic carbocycles. The minimum Gasteiger partial charge on any atom is -0.390 e. The highest BCUT2D eigenvalue weighted by Crippen LogP contribution is 2.51. The smallest absolute Gasteiger partial charge is 0.255 e. The standard InChI is InChI=1S/C20H22ClN3O4S/c1-20(26)13-3-4-14(20)10-16(9-13)29(27,28)18-8-12(2-5-17(18)21)19(25)24-15-6-7-22-23-11-15/h2,5-8,11,13-14,16,26H,3-4,9-10H2,1H3,(H,22,24,25). The Morgan fingerprint density at radius 3 is 2.52 bits per heavy atom. The lowest BCUT2D eigenvalue weighted by molar-refractivity contribution is -0.0413. The summed E-state index contributed by atoms with van der Waals surface area (Å²) >= 11 is 6.23. The number of benzene rings is 1. The number of carbonyl (C=O) groups excluding carboxylic acids is 1. The lowest BCUT2D eigenvalue weighted by Crippen LogP contribution is -2.45. The summed E-state index contributed by atoms with van der Waals surface area (Å²) in [5.41, 5.74) is -0.165. The van der Waals surface area contributed by atoms with Crippen LogP contribution in [0.25, 0.3) is 0 Å². The number of rotatable bonds is 4. The maximum absolute atomic E-state index is 13.4. The molecule has 29 heavy (non-hydrogen) atoms. The van der Waals surface area contributed by atoms with Gasteiger partial charge in [-0.05, 0) is 68.7 Å². The number of carbonyl (C=O) groups is 1. The van der Waals surface area contributed by atoms with Crippen LogP contribution in [0.3, 0.4) is 0 Å². The summed E-state index contributed by atoms with van der Waals surface area (Å²) in [5, 5.41) is 20.1. The number of hydrogen-bond acceptors (Lipinski definition) is 6. The van der Waals surface area contributed by atoms with E-state index in [9.17, 15) is 18.3 Å². The zero-order valence-electron chi connectivity index (χ0n) is 15.9. The normalized spacial score (nSPS) is 28.9. The molecule has 1 heterocycles. The molecule has 9 heteroatoms. The van der Waals surface area contributed by atoms with Crippen molar-refractivity contribution in [3.63, 3.8) is 0 Å². The van der Waals surface area contributed by atoms with Crippen molar-refractivity contribution in [3.05, 3.63) is 47.2 Å². The molecule has 0 aliphatic heterocycles. The molecule has 2 atom stereocenters. The van der Waals surface area contributed by atoms with Crippen molar-refractivity contribution >= 4 is 33.0 Å². The molecule has 2 aliphatic carbocycles. The lowest BCUT2D eigenvalue weighted by atomic mass is 9.76. The van der Waals surface area contributed by atoms with Gasteiger partial charge in [-0.15, -0.1) is 0 Å². The maximum atomic E-state index is 13.4. The molecule has 2 bridgehead atoms. The van der Waals surface area contributed by atoms with Crippen LogP contribution in [-0.4, -0.2) is 40.5 Å². The third-order valence-electron chi connectivity index (χ3n) is 6.39. The van der Waals surface area contributed by atoms with Gasteiger partial charge in [-0.1, -0.05) is 11.6 Å². The van der Waals surface area contributed by atoms with Crippen molar-refractivity contribution in [1.29, 1.82) is 0 Å². The molecule has 0 spiro atoms. The van der Waals surface area contributed by atoms with E-state index in [0.717, 1.165) is 12.8 Å². The summed E-state index contributed by atoms with van der Waals surface area (Å²) in [4.78, 5) is 12.5.